The van der Waals surface area contributed by atoms with E-state index in [9.17, 15) is 4.79 Å². The molecule has 0 saturated carbocycles. The van der Waals surface area contributed by atoms with Crippen molar-refractivity contribution in [3.05, 3.63) is 70.8 Å². The molecule has 1 unspecified atom stereocenters. The molecule has 11 heteroatoms. The fourth-order valence-electron chi connectivity index (χ4n) is 4.54. The van der Waals surface area contributed by atoms with Crippen molar-refractivity contribution in [3.63, 3.8) is 0 Å². The number of tetrazole rings is 1. The quantitative estimate of drug-likeness (QED) is 0.399. The second kappa shape index (κ2) is 9.61. The molecule has 4 heterocycles. The molecule has 5 rings (SSSR count). The second-order valence-electron chi connectivity index (χ2n) is 8.70. The van der Waals surface area contributed by atoms with E-state index < -0.39 is 5.41 Å². The lowest BCUT2D eigenvalue weighted by molar-refractivity contribution is 0.438. The second-order valence-corrected chi connectivity index (χ2v) is 8.70. The zero-order valence-corrected chi connectivity index (χ0v) is 19.9. The van der Waals surface area contributed by atoms with Gasteiger partial charge in [-0.25, -0.2) is 9.36 Å². The van der Waals surface area contributed by atoms with Gasteiger partial charge < -0.3 is 0 Å². The van der Waals surface area contributed by atoms with Crippen LogP contribution in [0, 0.1) is 0 Å². The molecule has 0 bridgehead atoms. The van der Waals surface area contributed by atoms with Crippen LogP contribution in [0.5, 0.6) is 0 Å². The van der Waals surface area contributed by atoms with Crippen molar-refractivity contribution in [2.75, 3.05) is 0 Å². The van der Waals surface area contributed by atoms with E-state index in [-0.39, 0.29) is 5.69 Å². The minimum Gasteiger partial charge on any atom is -0.299 e. The minimum atomic E-state index is -0.461. The van der Waals surface area contributed by atoms with Crippen molar-refractivity contribution < 1.29 is 0 Å². The fourth-order valence-corrected chi connectivity index (χ4v) is 4.54. The number of rotatable bonds is 9. The number of aryl methyl sites for hydroxylation is 2. The van der Waals surface area contributed by atoms with Gasteiger partial charge in [-0.05, 0) is 43.0 Å². The number of nitrogens with zero attached hydrogens (tertiary/aromatic N) is 9. The Morgan fingerprint density at radius 2 is 2.11 bits per heavy atom. The molecule has 3 aromatic heterocycles. The first kappa shape index (κ1) is 22.6. The van der Waals surface area contributed by atoms with Crippen LogP contribution in [0.1, 0.15) is 44.4 Å². The van der Waals surface area contributed by atoms with Crippen molar-refractivity contribution in [2.24, 2.45) is 4.99 Å². The zero-order chi connectivity index (χ0) is 24.3. The van der Waals surface area contributed by atoms with Gasteiger partial charge in [-0.1, -0.05) is 37.6 Å². The number of H-pyrrole nitrogens is 1. The Morgan fingerprint density at radius 1 is 1.20 bits per heavy atom. The lowest BCUT2D eigenvalue weighted by Gasteiger charge is -2.32. The van der Waals surface area contributed by atoms with Gasteiger partial charge in [-0.3, -0.25) is 14.1 Å². The monoisotopic (exact) mass is 472 g/mol. The van der Waals surface area contributed by atoms with Gasteiger partial charge >= 0.3 is 5.69 Å². The van der Waals surface area contributed by atoms with E-state index in [0.717, 1.165) is 36.1 Å². The predicted molar refractivity (Wildman–Crippen MR) is 131 cm³/mol. The molecule has 1 N–H and O–H groups in total. The van der Waals surface area contributed by atoms with Crippen LogP contribution in [0.4, 0.5) is 0 Å². The Labute approximate surface area is 202 Å². The highest BCUT2D eigenvalue weighted by molar-refractivity contribution is 5.65. The number of unbranched alkanes of at least 4 members (excludes halogenated alkanes) is 1. The summed E-state index contributed by atoms with van der Waals surface area (Å²) in [4.78, 5) is 18.1. The highest BCUT2D eigenvalue weighted by Gasteiger charge is 2.33. The molecule has 0 amide bonds. The van der Waals surface area contributed by atoms with Crippen molar-refractivity contribution in [1.29, 1.82) is 0 Å². The summed E-state index contributed by atoms with van der Waals surface area (Å²) in [7, 11) is 0. The summed E-state index contributed by atoms with van der Waals surface area (Å²) in [6.45, 7) is 5.30. The number of aromatic nitrogens is 9. The molecular formula is C24H28N10O. The van der Waals surface area contributed by atoms with E-state index in [1.807, 2.05) is 46.8 Å². The predicted octanol–water partition coefficient (Wildman–Crippen LogP) is 2.70. The molecule has 1 aliphatic rings. The maximum absolute atomic E-state index is 13.8. The van der Waals surface area contributed by atoms with Gasteiger partial charge in [-0.2, -0.15) is 5.21 Å². The summed E-state index contributed by atoms with van der Waals surface area (Å²) in [5.41, 5.74) is 2.31. The fraction of sp³-hybridized carbons (Fsp3) is 0.375. The topological polar surface area (TPSA) is 124 Å². The summed E-state index contributed by atoms with van der Waals surface area (Å²) in [5, 5.41) is 22.7. The van der Waals surface area contributed by atoms with Crippen molar-refractivity contribution in [2.45, 2.75) is 58.0 Å². The summed E-state index contributed by atoms with van der Waals surface area (Å²) in [6, 6.07) is 8.08. The normalized spacial score (nSPS) is 17.3. The molecule has 11 nitrogen and oxygen atoms in total. The van der Waals surface area contributed by atoms with Gasteiger partial charge in [0.1, 0.15) is 6.33 Å². The van der Waals surface area contributed by atoms with Crippen LogP contribution >= 0.6 is 0 Å². The van der Waals surface area contributed by atoms with Crippen molar-refractivity contribution in [3.8, 4) is 17.3 Å². The van der Waals surface area contributed by atoms with E-state index in [4.69, 9.17) is 0 Å². The summed E-state index contributed by atoms with van der Waals surface area (Å²) < 4.78 is 5.37. The first-order chi connectivity index (χ1) is 17.1. The zero-order valence-electron chi connectivity index (χ0n) is 19.9. The van der Waals surface area contributed by atoms with E-state index in [1.165, 1.54) is 0 Å². The molecule has 1 aromatic carbocycles. The Hall–Kier alpha value is -4.15. The smallest absolute Gasteiger partial charge is 0.299 e. The summed E-state index contributed by atoms with van der Waals surface area (Å²) in [6.07, 6.45) is 12.9. The van der Waals surface area contributed by atoms with Crippen LogP contribution in [0.25, 0.3) is 17.3 Å². The van der Waals surface area contributed by atoms with Crippen molar-refractivity contribution >= 4 is 6.21 Å². The Morgan fingerprint density at radius 3 is 2.86 bits per heavy atom. The van der Waals surface area contributed by atoms with Crippen LogP contribution in [-0.4, -0.2) is 50.7 Å². The third-order valence-electron chi connectivity index (χ3n) is 6.52. The van der Waals surface area contributed by atoms with Crippen LogP contribution in [0.3, 0.4) is 0 Å². The molecule has 4 aromatic rings. The largest absolute Gasteiger partial charge is 0.335 e. The number of aromatic amines is 1. The summed E-state index contributed by atoms with van der Waals surface area (Å²) in [5.74, 6) is 1.06. The van der Waals surface area contributed by atoms with E-state index in [0.29, 0.717) is 31.3 Å². The number of aliphatic imine (C=N–C) groups is 1. The van der Waals surface area contributed by atoms with Gasteiger partial charge in [0.05, 0.1) is 0 Å². The van der Waals surface area contributed by atoms with E-state index >= 15 is 0 Å². The van der Waals surface area contributed by atoms with Crippen LogP contribution in [0.15, 0.2) is 58.9 Å². The Kier molecular flexibility index (Phi) is 6.21. The lowest BCUT2D eigenvalue weighted by atomic mass is 9.76. The molecule has 35 heavy (non-hydrogen) atoms. The molecule has 180 valence electrons. The SMILES string of the molecule is CCCCc1cn(-c2nncn2CC)c(=O)n1CC1(c2cccc(-c3nn[nH]n3)c2)C=CN=CC1. The van der Waals surface area contributed by atoms with Gasteiger partial charge in [0.2, 0.25) is 11.8 Å². The van der Waals surface area contributed by atoms with Crippen LogP contribution in [0.2, 0.25) is 0 Å². The molecule has 0 saturated heterocycles. The Balaban J connectivity index is 1.61. The maximum Gasteiger partial charge on any atom is 0.335 e. The molecule has 1 atom stereocenters. The number of hydrogen-bond acceptors (Lipinski definition) is 7. The third kappa shape index (κ3) is 4.25. The highest BCUT2D eigenvalue weighted by Crippen LogP contribution is 2.35. The minimum absolute atomic E-state index is 0.122. The van der Waals surface area contributed by atoms with Gasteiger partial charge in [0.25, 0.3) is 0 Å². The molecule has 1 aliphatic heterocycles. The third-order valence-corrected chi connectivity index (χ3v) is 6.52. The van der Waals surface area contributed by atoms with Gasteiger partial charge in [0.15, 0.2) is 0 Å². The summed E-state index contributed by atoms with van der Waals surface area (Å²) >= 11 is 0. The molecule has 0 spiro atoms. The number of hydrogen-bond donors (Lipinski definition) is 1. The highest BCUT2D eigenvalue weighted by atomic mass is 16.2. The number of imidazole rings is 1. The molecule has 0 radical (unpaired) electrons. The average Bonchev–Trinajstić information content (AvgIpc) is 3.65. The average molecular weight is 473 g/mol. The van der Waals surface area contributed by atoms with Crippen LogP contribution in [-0.2, 0) is 24.9 Å². The number of nitrogens with one attached hydrogen (secondary N) is 1. The first-order valence-electron chi connectivity index (χ1n) is 11.9. The molecular weight excluding hydrogens is 444 g/mol. The molecule has 0 fully saturated rings. The van der Waals surface area contributed by atoms with Crippen LogP contribution < -0.4 is 5.69 Å². The standard InChI is InChI=1S/C24H28N10O/c1-3-5-9-20-15-33(22-29-26-17-32(22)4-2)23(35)34(20)16-24(10-12-25-13-11-24)19-8-6-7-18(14-19)21-27-30-31-28-21/h6-8,10,12-15,17H,3-5,9,11,16H2,1-2H3,(H,27,28,30,31). The Bertz CT molecular complexity index is 1410. The van der Waals surface area contributed by atoms with E-state index in [1.54, 1.807) is 10.9 Å². The number of benzene rings is 1. The van der Waals surface area contributed by atoms with Crippen molar-refractivity contribution in [1.82, 2.24) is 44.5 Å². The maximum atomic E-state index is 13.8. The first-order valence-corrected chi connectivity index (χ1v) is 11.9. The molecule has 0 aliphatic carbocycles. The van der Waals surface area contributed by atoms with Gasteiger partial charge in [-0.15, -0.1) is 20.4 Å². The lowest BCUT2D eigenvalue weighted by Crippen LogP contribution is -2.37. The van der Waals surface area contributed by atoms with Gasteiger partial charge in [0, 0.05) is 48.4 Å². The van der Waals surface area contributed by atoms with E-state index in [2.05, 4.69) is 60.9 Å². The number of allylic oxidation sites excluding steroid dienone is 1.